The van der Waals surface area contributed by atoms with Crippen molar-refractivity contribution in [2.45, 2.75) is 68.2 Å². The Bertz CT molecular complexity index is 324. The van der Waals surface area contributed by atoms with Crippen LogP contribution in [0.5, 0.6) is 0 Å². The van der Waals surface area contributed by atoms with E-state index in [1.807, 2.05) is 27.7 Å². The molecule has 0 N–H and O–H groups in total. The van der Waals surface area contributed by atoms with Gasteiger partial charge < -0.3 is 0 Å². The van der Waals surface area contributed by atoms with E-state index in [0.717, 1.165) is 0 Å². The Morgan fingerprint density at radius 1 is 1.16 bits per heavy atom. The lowest BCUT2D eigenvalue weighted by Gasteiger charge is -2.08. The normalized spacial score (nSPS) is 18.1. The molecule has 0 heteroatoms. The highest BCUT2D eigenvalue weighted by atomic mass is 14.1. The van der Waals surface area contributed by atoms with Crippen molar-refractivity contribution >= 4 is 0 Å². The highest BCUT2D eigenvalue weighted by molar-refractivity contribution is 5.43. The Morgan fingerprint density at radius 2 is 1.74 bits per heavy atom. The van der Waals surface area contributed by atoms with Crippen LogP contribution < -0.4 is 0 Å². The minimum Gasteiger partial charge on any atom is -0.0841 e. The summed E-state index contributed by atoms with van der Waals surface area (Å²) < 4.78 is 0. The Balaban J connectivity index is 0. The summed E-state index contributed by atoms with van der Waals surface area (Å²) in [6.45, 7) is 16.8. The molecule has 0 aromatic carbocycles. The minimum absolute atomic E-state index is 0.586. The molecule has 19 heavy (non-hydrogen) atoms. The molecule has 0 spiro atoms. The zero-order valence-corrected chi connectivity index (χ0v) is 14.4. The molecule has 0 saturated heterocycles. The summed E-state index contributed by atoms with van der Waals surface area (Å²) in [5.74, 6) is 0.586. The smallest absolute Gasteiger partial charge is 0.00452 e. The summed E-state index contributed by atoms with van der Waals surface area (Å²) in [6.07, 6.45) is 13.7. The molecular weight excluding hydrogens is 228 g/mol. The standard InChI is InChI=1S/C15H22.2C2H6/c1-5-7-14-10-11-15(12(3)6-2)9-8-13(14)4;2*1-2/h6,8-11,13H,5,7H2,1-4H3;2*1-2H3/b12-6+;;. The van der Waals surface area contributed by atoms with Crippen LogP contribution >= 0.6 is 0 Å². The number of rotatable bonds is 3. The van der Waals surface area contributed by atoms with Gasteiger partial charge in [0.25, 0.3) is 0 Å². The Labute approximate surface area is 122 Å². The molecule has 1 unspecified atom stereocenters. The molecule has 0 heterocycles. The van der Waals surface area contributed by atoms with Crippen molar-refractivity contribution in [2.75, 3.05) is 0 Å². The number of hydrogen-bond acceptors (Lipinski definition) is 0. The predicted octanol–water partition coefficient (Wildman–Crippen LogP) is 6.86. The monoisotopic (exact) mass is 262 g/mol. The summed E-state index contributed by atoms with van der Waals surface area (Å²) in [6, 6.07) is 0. The molecular formula is C19H34. The second kappa shape index (κ2) is 13.4. The fourth-order valence-corrected chi connectivity index (χ4v) is 1.80. The second-order valence-corrected chi connectivity index (χ2v) is 4.23. The quantitative estimate of drug-likeness (QED) is 0.521. The van der Waals surface area contributed by atoms with Gasteiger partial charge in [0.05, 0.1) is 0 Å². The van der Waals surface area contributed by atoms with Gasteiger partial charge in [-0.3, -0.25) is 0 Å². The molecule has 1 aliphatic carbocycles. The SMILES string of the molecule is C/C=C(\C)C1=CC=C(CCC)C(C)C=C1.CC.CC. The lowest BCUT2D eigenvalue weighted by Crippen LogP contribution is -1.94. The average Bonchev–Trinajstić information content (AvgIpc) is 2.66. The summed E-state index contributed by atoms with van der Waals surface area (Å²) in [5.41, 5.74) is 4.25. The minimum atomic E-state index is 0.586. The van der Waals surface area contributed by atoms with Gasteiger partial charge in [-0.2, -0.15) is 0 Å². The van der Waals surface area contributed by atoms with Gasteiger partial charge in [-0.05, 0) is 37.3 Å². The average molecular weight is 262 g/mol. The van der Waals surface area contributed by atoms with Gasteiger partial charge in [-0.1, -0.05) is 83.9 Å². The van der Waals surface area contributed by atoms with Crippen molar-refractivity contribution in [2.24, 2.45) is 5.92 Å². The van der Waals surface area contributed by atoms with Crippen LogP contribution in [0.2, 0.25) is 0 Å². The van der Waals surface area contributed by atoms with Gasteiger partial charge in [-0.15, -0.1) is 0 Å². The van der Waals surface area contributed by atoms with Crippen molar-refractivity contribution < 1.29 is 0 Å². The first-order valence-corrected chi connectivity index (χ1v) is 7.91. The van der Waals surface area contributed by atoms with Crippen molar-refractivity contribution in [3.8, 4) is 0 Å². The van der Waals surface area contributed by atoms with Crippen molar-refractivity contribution in [3.05, 3.63) is 47.1 Å². The molecule has 0 aromatic rings. The zero-order chi connectivity index (χ0) is 15.3. The van der Waals surface area contributed by atoms with Crippen LogP contribution in [0.15, 0.2) is 47.1 Å². The van der Waals surface area contributed by atoms with E-state index in [2.05, 4.69) is 58.1 Å². The molecule has 0 nitrogen and oxygen atoms in total. The van der Waals surface area contributed by atoms with E-state index in [9.17, 15) is 0 Å². The van der Waals surface area contributed by atoms with Gasteiger partial charge in [0.1, 0.15) is 0 Å². The molecule has 1 aliphatic rings. The van der Waals surface area contributed by atoms with Gasteiger partial charge in [-0.25, -0.2) is 0 Å². The molecule has 0 fully saturated rings. The van der Waals surface area contributed by atoms with Gasteiger partial charge in [0, 0.05) is 0 Å². The molecule has 0 aromatic heterocycles. The fourth-order valence-electron chi connectivity index (χ4n) is 1.80. The van der Waals surface area contributed by atoms with Crippen LogP contribution in [0.25, 0.3) is 0 Å². The maximum absolute atomic E-state index is 2.31. The van der Waals surface area contributed by atoms with Gasteiger partial charge in [0.15, 0.2) is 0 Å². The molecule has 0 saturated carbocycles. The summed E-state index contributed by atoms with van der Waals surface area (Å²) in [7, 11) is 0. The van der Waals surface area contributed by atoms with Crippen LogP contribution in [0, 0.1) is 5.92 Å². The number of allylic oxidation sites excluding steroid dienone is 8. The van der Waals surface area contributed by atoms with E-state index >= 15 is 0 Å². The van der Waals surface area contributed by atoms with E-state index in [1.165, 1.54) is 24.0 Å². The van der Waals surface area contributed by atoms with E-state index in [4.69, 9.17) is 0 Å². The molecule has 110 valence electrons. The highest BCUT2D eigenvalue weighted by Gasteiger charge is 2.07. The first-order chi connectivity index (χ1) is 9.19. The molecule has 0 bridgehead atoms. The van der Waals surface area contributed by atoms with Crippen molar-refractivity contribution in [3.63, 3.8) is 0 Å². The molecule has 1 rings (SSSR count). The Morgan fingerprint density at radius 3 is 2.21 bits per heavy atom. The third-order valence-electron chi connectivity index (χ3n) is 3.05. The first-order valence-electron chi connectivity index (χ1n) is 7.91. The Hall–Kier alpha value is -1.04. The fraction of sp³-hybridized carbons (Fsp3) is 0.579. The predicted molar refractivity (Wildman–Crippen MR) is 91.5 cm³/mol. The second-order valence-electron chi connectivity index (χ2n) is 4.23. The van der Waals surface area contributed by atoms with Crippen LogP contribution in [0.1, 0.15) is 68.2 Å². The van der Waals surface area contributed by atoms with E-state index < -0.39 is 0 Å². The number of hydrogen-bond donors (Lipinski definition) is 0. The van der Waals surface area contributed by atoms with Crippen LogP contribution in [-0.4, -0.2) is 0 Å². The lowest BCUT2D eigenvalue weighted by atomic mass is 9.97. The zero-order valence-electron chi connectivity index (χ0n) is 14.4. The first kappa shape index (κ1) is 20.3. The largest absolute Gasteiger partial charge is 0.0841 e. The Kier molecular flexibility index (Phi) is 14.3. The van der Waals surface area contributed by atoms with Crippen molar-refractivity contribution in [1.82, 2.24) is 0 Å². The van der Waals surface area contributed by atoms with E-state index in [0.29, 0.717) is 5.92 Å². The third-order valence-corrected chi connectivity index (χ3v) is 3.05. The molecule has 0 aliphatic heterocycles. The van der Waals surface area contributed by atoms with Gasteiger partial charge >= 0.3 is 0 Å². The van der Waals surface area contributed by atoms with Crippen LogP contribution in [-0.2, 0) is 0 Å². The third kappa shape index (κ3) is 7.87. The van der Waals surface area contributed by atoms with E-state index in [1.54, 1.807) is 5.57 Å². The molecule has 0 amide bonds. The van der Waals surface area contributed by atoms with E-state index in [-0.39, 0.29) is 0 Å². The molecule has 1 atom stereocenters. The van der Waals surface area contributed by atoms with Crippen LogP contribution in [0.3, 0.4) is 0 Å². The maximum Gasteiger partial charge on any atom is -0.00452 e. The van der Waals surface area contributed by atoms with Crippen LogP contribution in [0.4, 0.5) is 0 Å². The van der Waals surface area contributed by atoms with Gasteiger partial charge in [0.2, 0.25) is 0 Å². The summed E-state index contributed by atoms with van der Waals surface area (Å²) in [4.78, 5) is 0. The topological polar surface area (TPSA) is 0 Å². The van der Waals surface area contributed by atoms with Crippen molar-refractivity contribution in [1.29, 1.82) is 0 Å². The lowest BCUT2D eigenvalue weighted by molar-refractivity contribution is 0.762. The molecule has 0 radical (unpaired) electrons. The summed E-state index contributed by atoms with van der Waals surface area (Å²) >= 11 is 0. The summed E-state index contributed by atoms with van der Waals surface area (Å²) in [5, 5.41) is 0. The highest BCUT2D eigenvalue weighted by Crippen LogP contribution is 2.24. The maximum atomic E-state index is 2.31.